The molecule has 0 saturated carbocycles. The minimum Gasteiger partial charge on any atom is -0.385 e. The van der Waals surface area contributed by atoms with Crippen LogP contribution in [0.1, 0.15) is 43.1 Å². The molecule has 3 nitrogen and oxygen atoms in total. The van der Waals surface area contributed by atoms with E-state index in [1.165, 1.54) is 12.8 Å². The highest BCUT2D eigenvalue weighted by molar-refractivity contribution is 8.00. The standard InChI is InChI=1S/C16H20O3S/c17-16(9-11-5-6-12(10-16)20-11)14-4-2-1-3-13(14)15-18-7-8-19-15/h1-4,11-12,15,17H,5-10H2. The number of thioether (sulfide) groups is 1. The van der Waals surface area contributed by atoms with Gasteiger partial charge in [0.05, 0.1) is 18.8 Å². The molecule has 3 aliphatic rings. The van der Waals surface area contributed by atoms with Crippen LogP contribution < -0.4 is 0 Å². The number of rotatable bonds is 2. The zero-order valence-electron chi connectivity index (χ0n) is 11.5. The molecule has 108 valence electrons. The van der Waals surface area contributed by atoms with Gasteiger partial charge in [-0.2, -0.15) is 11.8 Å². The molecule has 4 rings (SSSR count). The average molecular weight is 292 g/mol. The van der Waals surface area contributed by atoms with Gasteiger partial charge in [-0.15, -0.1) is 0 Å². The van der Waals surface area contributed by atoms with E-state index in [1.807, 2.05) is 18.2 Å². The summed E-state index contributed by atoms with van der Waals surface area (Å²) in [6.45, 7) is 1.27. The Balaban J connectivity index is 1.70. The van der Waals surface area contributed by atoms with E-state index < -0.39 is 5.60 Å². The second-order valence-electron chi connectivity index (χ2n) is 6.06. The molecule has 3 heterocycles. The first-order valence-corrected chi connectivity index (χ1v) is 8.39. The maximum absolute atomic E-state index is 11.2. The molecule has 3 aliphatic heterocycles. The first-order valence-electron chi connectivity index (χ1n) is 7.45. The van der Waals surface area contributed by atoms with Crippen LogP contribution in [0.25, 0.3) is 0 Å². The fraction of sp³-hybridized carbons (Fsp3) is 0.625. The molecule has 0 amide bonds. The topological polar surface area (TPSA) is 38.7 Å². The van der Waals surface area contributed by atoms with Crippen molar-refractivity contribution in [2.45, 2.75) is 48.1 Å². The number of benzene rings is 1. The van der Waals surface area contributed by atoms with E-state index in [2.05, 4.69) is 17.8 Å². The predicted octanol–water partition coefficient (Wildman–Crippen LogP) is 2.98. The van der Waals surface area contributed by atoms with E-state index in [0.29, 0.717) is 23.7 Å². The smallest absolute Gasteiger partial charge is 0.184 e. The van der Waals surface area contributed by atoms with Crippen LogP contribution in [0.4, 0.5) is 0 Å². The first-order chi connectivity index (χ1) is 9.74. The number of ether oxygens (including phenoxy) is 2. The van der Waals surface area contributed by atoms with Crippen molar-refractivity contribution in [3.8, 4) is 0 Å². The quantitative estimate of drug-likeness (QED) is 0.909. The molecule has 0 aliphatic carbocycles. The predicted molar refractivity (Wildman–Crippen MR) is 78.6 cm³/mol. The van der Waals surface area contributed by atoms with Gasteiger partial charge in [0.1, 0.15) is 0 Å². The summed E-state index contributed by atoms with van der Waals surface area (Å²) >= 11 is 2.06. The van der Waals surface area contributed by atoms with E-state index in [9.17, 15) is 5.11 Å². The van der Waals surface area contributed by atoms with Crippen LogP contribution in [0.2, 0.25) is 0 Å². The van der Waals surface area contributed by atoms with Crippen LogP contribution in [-0.4, -0.2) is 28.8 Å². The van der Waals surface area contributed by atoms with Crippen molar-refractivity contribution >= 4 is 11.8 Å². The molecule has 3 fully saturated rings. The minimum absolute atomic E-state index is 0.303. The molecule has 3 saturated heterocycles. The lowest BCUT2D eigenvalue weighted by molar-refractivity contribution is -0.0509. The van der Waals surface area contributed by atoms with E-state index in [1.54, 1.807) is 0 Å². The maximum atomic E-state index is 11.2. The lowest BCUT2D eigenvalue weighted by Gasteiger charge is -2.38. The van der Waals surface area contributed by atoms with Crippen LogP contribution >= 0.6 is 11.8 Å². The number of aliphatic hydroxyl groups is 1. The SMILES string of the molecule is OC1(c2ccccc2C2OCCO2)CC2CCC(C1)S2. The van der Waals surface area contributed by atoms with E-state index in [0.717, 1.165) is 24.0 Å². The molecule has 1 aromatic rings. The van der Waals surface area contributed by atoms with E-state index in [4.69, 9.17) is 9.47 Å². The molecule has 0 radical (unpaired) electrons. The van der Waals surface area contributed by atoms with E-state index in [-0.39, 0.29) is 6.29 Å². The Bertz CT molecular complexity index is 486. The highest BCUT2D eigenvalue weighted by Crippen LogP contribution is 2.52. The van der Waals surface area contributed by atoms with Crippen LogP contribution in [0, 0.1) is 0 Å². The maximum Gasteiger partial charge on any atom is 0.184 e. The van der Waals surface area contributed by atoms with Crippen molar-refractivity contribution in [3.63, 3.8) is 0 Å². The summed E-state index contributed by atoms with van der Waals surface area (Å²) < 4.78 is 11.3. The van der Waals surface area contributed by atoms with Crippen molar-refractivity contribution in [1.82, 2.24) is 0 Å². The first kappa shape index (κ1) is 13.1. The zero-order chi connectivity index (χ0) is 13.6. The Labute approximate surface area is 123 Å². The third kappa shape index (κ3) is 2.19. The minimum atomic E-state index is -0.705. The van der Waals surface area contributed by atoms with Gasteiger partial charge in [0.2, 0.25) is 0 Å². The van der Waals surface area contributed by atoms with Gasteiger partial charge in [-0.25, -0.2) is 0 Å². The van der Waals surface area contributed by atoms with Crippen molar-refractivity contribution in [2.75, 3.05) is 13.2 Å². The zero-order valence-corrected chi connectivity index (χ0v) is 12.3. The van der Waals surface area contributed by atoms with Gasteiger partial charge in [-0.1, -0.05) is 24.3 Å². The summed E-state index contributed by atoms with van der Waals surface area (Å²) in [5, 5.41) is 12.5. The van der Waals surface area contributed by atoms with Gasteiger partial charge < -0.3 is 14.6 Å². The number of fused-ring (bicyclic) bond motifs is 2. The largest absolute Gasteiger partial charge is 0.385 e. The van der Waals surface area contributed by atoms with Gasteiger partial charge in [-0.3, -0.25) is 0 Å². The Morgan fingerprint density at radius 3 is 2.40 bits per heavy atom. The van der Waals surface area contributed by atoms with Crippen molar-refractivity contribution in [2.24, 2.45) is 0 Å². The van der Waals surface area contributed by atoms with Gasteiger partial charge in [0.15, 0.2) is 6.29 Å². The number of hydrogen-bond donors (Lipinski definition) is 1. The van der Waals surface area contributed by atoms with Crippen LogP contribution in [0.15, 0.2) is 24.3 Å². The summed E-state index contributed by atoms with van der Waals surface area (Å²) in [5.41, 5.74) is 1.33. The normalized spacial score (nSPS) is 37.5. The molecular weight excluding hydrogens is 272 g/mol. The second-order valence-corrected chi connectivity index (χ2v) is 7.66. The second kappa shape index (κ2) is 5.02. The molecule has 0 aromatic heterocycles. The molecule has 4 heteroatoms. The van der Waals surface area contributed by atoms with Gasteiger partial charge in [-0.05, 0) is 31.2 Å². The summed E-state index contributed by atoms with van der Waals surface area (Å²) in [6.07, 6.45) is 3.91. The third-order valence-corrected chi connectivity index (χ3v) is 6.24. The highest BCUT2D eigenvalue weighted by atomic mass is 32.2. The van der Waals surface area contributed by atoms with Gasteiger partial charge in [0, 0.05) is 16.1 Å². The molecule has 2 unspecified atom stereocenters. The fourth-order valence-electron chi connectivity index (χ4n) is 3.80. The fourth-order valence-corrected chi connectivity index (χ4v) is 5.63. The van der Waals surface area contributed by atoms with E-state index >= 15 is 0 Å². The van der Waals surface area contributed by atoms with Crippen molar-refractivity contribution in [3.05, 3.63) is 35.4 Å². The van der Waals surface area contributed by atoms with Gasteiger partial charge in [0.25, 0.3) is 0 Å². The summed E-state index contributed by atoms with van der Waals surface area (Å²) in [4.78, 5) is 0. The van der Waals surface area contributed by atoms with Crippen LogP contribution in [0.5, 0.6) is 0 Å². The third-order valence-electron chi connectivity index (χ3n) is 4.66. The molecule has 20 heavy (non-hydrogen) atoms. The van der Waals surface area contributed by atoms with Crippen molar-refractivity contribution in [1.29, 1.82) is 0 Å². The molecule has 2 bridgehead atoms. The van der Waals surface area contributed by atoms with Crippen LogP contribution in [0.3, 0.4) is 0 Å². The highest BCUT2D eigenvalue weighted by Gasteiger charge is 2.45. The lowest BCUT2D eigenvalue weighted by Crippen LogP contribution is -2.35. The van der Waals surface area contributed by atoms with Gasteiger partial charge >= 0.3 is 0 Å². The summed E-state index contributed by atoms with van der Waals surface area (Å²) in [7, 11) is 0. The Morgan fingerprint density at radius 1 is 1.05 bits per heavy atom. The summed E-state index contributed by atoms with van der Waals surface area (Å²) in [6, 6.07) is 8.09. The average Bonchev–Trinajstić information content (AvgIpc) is 3.09. The monoisotopic (exact) mass is 292 g/mol. The van der Waals surface area contributed by atoms with Crippen molar-refractivity contribution < 1.29 is 14.6 Å². The van der Waals surface area contributed by atoms with Crippen LogP contribution in [-0.2, 0) is 15.1 Å². The lowest BCUT2D eigenvalue weighted by atomic mass is 9.83. The Hall–Kier alpha value is -0.550. The molecule has 0 spiro atoms. The summed E-state index contributed by atoms with van der Waals surface area (Å²) in [5.74, 6) is 0. The molecule has 2 atom stereocenters. The molecular formula is C16H20O3S. The Morgan fingerprint density at radius 2 is 1.70 bits per heavy atom. The molecule has 1 aromatic carbocycles. The Kier molecular flexibility index (Phi) is 3.30. The molecule has 1 N–H and O–H groups in total. The number of hydrogen-bond acceptors (Lipinski definition) is 4.